The Balaban J connectivity index is 1.84. The van der Waals surface area contributed by atoms with Crippen LogP contribution in [0.5, 0.6) is 0 Å². The number of anilines is 1. The molecule has 0 aliphatic carbocycles. The molecule has 1 saturated heterocycles. The maximum atomic E-state index is 12.4. The van der Waals surface area contributed by atoms with Crippen LogP contribution in [0.3, 0.4) is 0 Å². The molecule has 1 heterocycles. The zero-order valence-electron chi connectivity index (χ0n) is 14.9. The minimum Gasteiger partial charge on any atom is -0.384 e. The van der Waals surface area contributed by atoms with Crippen molar-refractivity contribution in [1.82, 2.24) is 9.80 Å². The van der Waals surface area contributed by atoms with Gasteiger partial charge in [0.1, 0.15) is 0 Å². The molecule has 1 aromatic rings. The highest BCUT2D eigenvalue weighted by Crippen LogP contribution is 2.22. The van der Waals surface area contributed by atoms with E-state index in [1.54, 1.807) is 0 Å². The zero-order valence-corrected chi connectivity index (χ0v) is 14.9. The van der Waals surface area contributed by atoms with E-state index in [0.717, 1.165) is 52.1 Å². The summed E-state index contributed by atoms with van der Waals surface area (Å²) in [6.07, 6.45) is 2.61. The molecule has 128 valence electrons. The fourth-order valence-electron chi connectivity index (χ4n) is 3.24. The van der Waals surface area contributed by atoms with E-state index in [2.05, 4.69) is 49.2 Å². The molecule has 0 spiro atoms. The molecule has 0 aromatic heterocycles. The molecular formula is C19H31N3O. The molecule has 1 N–H and O–H groups in total. The van der Waals surface area contributed by atoms with Gasteiger partial charge in [-0.2, -0.15) is 0 Å². The second-order valence-electron chi connectivity index (χ2n) is 6.15. The van der Waals surface area contributed by atoms with Crippen LogP contribution in [-0.2, 0) is 17.6 Å². The SMILES string of the molecule is CCc1cccc(CC)c1NCCC(=O)N1CCN(CC)CC1. The van der Waals surface area contributed by atoms with Crippen LogP contribution in [0, 0.1) is 0 Å². The first kappa shape index (κ1) is 17.8. The van der Waals surface area contributed by atoms with Crippen molar-refractivity contribution in [3.8, 4) is 0 Å². The number of piperazine rings is 1. The number of benzene rings is 1. The maximum Gasteiger partial charge on any atom is 0.224 e. The standard InChI is InChI=1S/C19H31N3O/c1-4-16-8-7-9-17(5-2)19(16)20-11-10-18(23)22-14-12-21(6-3)13-15-22/h7-9,20H,4-6,10-15H2,1-3H3. The molecular weight excluding hydrogens is 286 g/mol. The number of hydrogen-bond donors (Lipinski definition) is 1. The van der Waals surface area contributed by atoms with Crippen molar-refractivity contribution in [3.63, 3.8) is 0 Å². The first-order valence-corrected chi connectivity index (χ1v) is 9.04. The monoisotopic (exact) mass is 317 g/mol. The highest BCUT2D eigenvalue weighted by atomic mass is 16.2. The van der Waals surface area contributed by atoms with Crippen LogP contribution in [0.1, 0.15) is 38.3 Å². The first-order chi connectivity index (χ1) is 11.2. The van der Waals surface area contributed by atoms with Gasteiger partial charge in [0.2, 0.25) is 5.91 Å². The molecule has 1 fully saturated rings. The Morgan fingerprint density at radius 2 is 1.65 bits per heavy atom. The number of rotatable bonds is 7. The summed E-state index contributed by atoms with van der Waals surface area (Å²) in [6.45, 7) is 12.1. The summed E-state index contributed by atoms with van der Waals surface area (Å²) in [6, 6.07) is 6.47. The second kappa shape index (κ2) is 8.92. The van der Waals surface area contributed by atoms with Crippen molar-refractivity contribution < 1.29 is 4.79 Å². The minimum atomic E-state index is 0.278. The van der Waals surface area contributed by atoms with Crippen LogP contribution < -0.4 is 5.32 Å². The lowest BCUT2D eigenvalue weighted by atomic mass is 10.0. The Kier molecular flexibility index (Phi) is 6.90. The zero-order chi connectivity index (χ0) is 16.7. The summed E-state index contributed by atoms with van der Waals surface area (Å²) in [5.41, 5.74) is 3.92. The lowest BCUT2D eigenvalue weighted by Gasteiger charge is -2.34. The normalized spacial score (nSPS) is 15.7. The average Bonchev–Trinajstić information content (AvgIpc) is 2.61. The number of likely N-dealkylation sites (N-methyl/N-ethyl adjacent to an activating group) is 1. The predicted molar refractivity (Wildman–Crippen MR) is 97.0 cm³/mol. The summed E-state index contributed by atoms with van der Waals surface area (Å²) < 4.78 is 0. The predicted octanol–water partition coefficient (Wildman–Crippen LogP) is 2.78. The van der Waals surface area contributed by atoms with Gasteiger partial charge in [-0.05, 0) is 30.5 Å². The van der Waals surface area contributed by atoms with Crippen molar-refractivity contribution in [3.05, 3.63) is 29.3 Å². The molecule has 23 heavy (non-hydrogen) atoms. The number of carbonyl (C=O) groups excluding carboxylic acids is 1. The molecule has 0 saturated carbocycles. The summed E-state index contributed by atoms with van der Waals surface area (Å²) in [7, 11) is 0. The minimum absolute atomic E-state index is 0.278. The average molecular weight is 317 g/mol. The van der Waals surface area contributed by atoms with E-state index < -0.39 is 0 Å². The van der Waals surface area contributed by atoms with Gasteiger partial charge in [-0.15, -0.1) is 0 Å². The van der Waals surface area contributed by atoms with Crippen LogP contribution >= 0.6 is 0 Å². The van der Waals surface area contributed by atoms with Gasteiger partial charge >= 0.3 is 0 Å². The molecule has 0 atom stereocenters. The van der Waals surface area contributed by atoms with Crippen LogP contribution in [0.25, 0.3) is 0 Å². The van der Waals surface area contributed by atoms with Gasteiger partial charge in [-0.25, -0.2) is 0 Å². The molecule has 4 nitrogen and oxygen atoms in total. The quantitative estimate of drug-likeness (QED) is 0.840. The number of para-hydroxylation sites is 1. The van der Waals surface area contributed by atoms with E-state index in [4.69, 9.17) is 0 Å². The van der Waals surface area contributed by atoms with E-state index >= 15 is 0 Å². The van der Waals surface area contributed by atoms with Gasteiger partial charge in [-0.3, -0.25) is 4.79 Å². The van der Waals surface area contributed by atoms with E-state index in [0.29, 0.717) is 6.42 Å². The number of amides is 1. The van der Waals surface area contributed by atoms with Crippen LogP contribution in [0.2, 0.25) is 0 Å². The Hall–Kier alpha value is -1.55. The number of nitrogens with zero attached hydrogens (tertiary/aromatic N) is 2. The van der Waals surface area contributed by atoms with E-state index in [1.807, 2.05) is 4.90 Å². The molecule has 0 bridgehead atoms. The van der Waals surface area contributed by atoms with Gasteiger partial charge in [0.05, 0.1) is 0 Å². The lowest BCUT2D eigenvalue weighted by Crippen LogP contribution is -2.48. The fourth-order valence-corrected chi connectivity index (χ4v) is 3.24. The summed E-state index contributed by atoms with van der Waals surface area (Å²) in [5.74, 6) is 0.278. The van der Waals surface area contributed by atoms with E-state index in [9.17, 15) is 4.79 Å². The van der Waals surface area contributed by atoms with Crippen molar-refractivity contribution in [2.24, 2.45) is 0 Å². The lowest BCUT2D eigenvalue weighted by molar-refractivity contribution is -0.132. The Morgan fingerprint density at radius 1 is 1.04 bits per heavy atom. The third-order valence-electron chi connectivity index (χ3n) is 4.81. The molecule has 2 rings (SSSR count). The highest BCUT2D eigenvalue weighted by Gasteiger charge is 2.19. The van der Waals surface area contributed by atoms with E-state index in [-0.39, 0.29) is 5.91 Å². The molecule has 0 radical (unpaired) electrons. The van der Waals surface area contributed by atoms with Crippen molar-refractivity contribution in [1.29, 1.82) is 0 Å². The largest absolute Gasteiger partial charge is 0.384 e. The van der Waals surface area contributed by atoms with Gasteiger partial charge in [0.15, 0.2) is 0 Å². The second-order valence-corrected chi connectivity index (χ2v) is 6.15. The molecule has 1 aliphatic heterocycles. The number of hydrogen-bond acceptors (Lipinski definition) is 3. The van der Waals surface area contributed by atoms with Crippen molar-refractivity contribution >= 4 is 11.6 Å². The topological polar surface area (TPSA) is 35.6 Å². The van der Waals surface area contributed by atoms with E-state index in [1.165, 1.54) is 16.8 Å². The number of aryl methyl sites for hydroxylation is 2. The summed E-state index contributed by atoms with van der Waals surface area (Å²) in [5, 5.41) is 3.52. The van der Waals surface area contributed by atoms with Gasteiger partial charge in [-0.1, -0.05) is 39.0 Å². The molecule has 4 heteroatoms. The smallest absolute Gasteiger partial charge is 0.224 e. The Labute approximate surface area is 140 Å². The third-order valence-corrected chi connectivity index (χ3v) is 4.81. The van der Waals surface area contributed by atoms with Gasteiger partial charge in [0.25, 0.3) is 0 Å². The van der Waals surface area contributed by atoms with Gasteiger partial charge < -0.3 is 15.1 Å². The summed E-state index contributed by atoms with van der Waals surface area (Å²) >= 11 is 0. The fraction of sp³-hybridized carbons (Fsp3) is 0.632. The molecule has 1 aliphatic rings. The highest BCUT2D eigenvalue weighted by molar-refractivity contribution is 5.77. The third kappa shape index (κ3) is 4.71. The van der Waals surface area contributed by atoms with Crippen LogP contribution in [-0.4, -0.2) is 55.0 Å². The number of carbonyl (C=O) groups is 1. The number of nitrogens with one attached hydrogen (secondary N) is 1. The molecule has 1 amide bonds. The van der Waals surface area contributed by atoms with Gasteiger partial charge in [0, 0.05) is 44.8 Å². The summed E-state index contributed by atoms with van der Waals surface area (Å²) in [4.78, 5) is 16.8. The molecule has 0 unspecified atom stereocenters. The van der Waals surface area contributed by atoms with Crippen LogP contribution in [0.15, 0.2) is 18.2 Å². The Morgan fingerprint density at radius 3 is 2.17 bits per heavy atom. The first-order valence-electron chi connectivity index (χ1n) is 9.04. The maximum absolute atomic E-state index is 12.4. The van der Waals surface area contributed by atoms with Crippen LogP contribution in [0.4, 0.5) is 5.69 Å². The Bertz CT molecular complexity index is 485. The molecule has 1 aromatic carbocycles. The van der Waals surface area contributed by atoms with Crippen molar-refractivity contribution in [2.75, 3.05) is 44.6 Å². The van der Waals surface area contributed by atoms with Crippen molar-refractivity contribution in [2.45, 2.75) is 40.0 Å².